The number of hydrogen-bond donors (Lipinski definition) is 2. The van der Waals surface area contributed by atoms with Crippen LogP contribution in [0.4, 0.5) is 4.39 Å². The Morgan fingerprint density at radius 3 is 2.82 bits per heavy atom. The molecule has 0 fully saturated rings. The summed E-state index contributed by atoms with van der Waals surface area (Å²) in [5.41, 5.74) is 0.767. The van der Waals surface area contributed by atoms with E-state index in [1.54, 1.807) is 6.92 Å². The van der Waals surface area contributed by atoms with Crippen LogP contribution in [0, 0.1) is 12.7 Å². The zero-order chi connectivity index (χ0) is 12.8. The van der Waals surface area contributed by atoms with Crippen LogP contribution in [0.5, 0.6) is 0 Å². The molecule has 0 heterocycles. The van der Waals surface area contributed by atoms with Gasteiger partial charge in [-0.25, -0.2) is 4.39 Å². The lowest BCUT2D eigenvalue weighted by molar-refractivity contribution is 0.0839. The van der Waals surface area contributed by atoms with E-state index in [0.717, 1.165) is 0 Å². The van der Waals surface area contributed by atoms with Gasteiger partial charge in [0.05, 0.1) is 19.3 Å². The Morgan fingerprint density at radius 1 is 1.59 bits per heavy atom. The first kappa shape index (κ1) is 13.6. The van der Waals surface area contributed by atoms with Crippen molar-refractivity contribution in [1.82, 2.24) is 5.32 Å². The van der Waals surface area contributed by atoms with Gasteiger partial charge in [0, 0.05) is 12.7 Å². The lowest BCUT2D eigenvalue weighted by atomic mass is 10.1. The Morgan fingerprint density at radius 2 is 2.29 bits per heavy atom. The van der Waals surface area contributed by atoms with Crippen molar-refractivity contribution >= 4 is 5.91 Å². The van der Waals surface area contributed by atoms with Crippen molar-refractivity contribution < 1.29 is 19.0 Å². The Bertz CT molecular complexity index is 395. The van der Waals surface area contributed by atoms with Crippen LogP contribution in [0.25, 0.3) is 0 Å². The van der Waals surface area contributed by atoms with Crippen LogP contribution >= 0.6 is 0 Å². The summed E-state index contributed by atoms with van der Waals surface area (Å²) in [5.74, 6) is -0.707. The molecule has 0 radical (unpaired) electrons. The van der Waals surface area contributed by atoms with E-state index in [2.05, 4.69) is 5.32 Å². The Labute approximate surface area is 99.4 Å². The molecule has 94 valence electrons. The number of aryl methyl sites for hydroxylation is 1. The van der Waals surface area contributed by atoms with Crippen molar-refractivity contribution in [3.63, 3.8) is 0 Å². The minimum atomic E-state index is -0.460. The molecular weight excluding hydrogens is 225 g/mol. The fourth-order valence-electron chi connectivity index (χ4n) is 1.40. The number of methoxy groups -OCH3 is 1. The van der Waals surface area contributed by atoms with Crippen molar-refractivity contribution in [3.8, 4) is 0 Å². The average molecular weight is 241 g/mol. The Hall–Kier alpha value is -1.46. The van der Waals surface area contributed by atoms with Gasteiger partial charge in [-0.2, -0.15) is 0 Å². The number of rotatable bonds is 5. The van der Waals surface area contributed by atoms with Crippen LogP contribution in [0.3, 0.4) is 0 Å². The molecule has 1 aromatic rings. The lowest BCUT2D eigenvalue weighted by Crippen LogP contribution is -2.40. The smallest absolute Gasteiger partial charge is 0.251 e. The molecule has 17 heavy (non-hydrogen) atoms. The first-order chi connectivity index (χ1) is 8.08. The number of nitrogens with one attached hydrogen (secondary N) is 1. The molecule has 0 aromatic heterocycles. The van der Waals surface area contributed by atoms with E-state index in [1.165, 1.54) is 25.3 Å². The third kappa shape index (κ3) is 3.80. The summed E-state index contributed by atoms with van der Waals surface area (Å²) in [4.78, 5) is 11.8. The third-order valence-electron chi connectivity index (χ3n) is 2.34. The summed E-state index contributed by atoms with van der Waals surface area (Å²) in [6.45, 7) is 1.60. The SMILES string of the molecule is COCC(CO)NC(=O)c1ccc(F)c(C)c1. The number of hydrogen-bond acceptors (Lipinski definition) is 3. The molecule has 1 amide bonds. The van der Waals surface area contributed by atoms with Gasteiger partial charge < -0.3 is 15.2 Å². The molecule has 5 heteroatoms. The highest BCUT2D eigenvalue weighted by molar-refractivity contribution is 5.94. The molecule has 4 nitrogen and oxygen atoms in total. The van der Waals surface area contributed by atoms with E-state index < -0.39 is 6.04 Å². The molecule has 0 aliphatic rings. The predicted octanol–water partition coefficient (Wildman–Crippen LogP) is 0.871. The zero-order valence-corrected chi connectivity index (χ0v) is 9.87. The number of carbonyl (C=O) groups is 1. The molecule has 1 rings (SSSR count). The van der Waals surface area contributed by atoms with Crippen LogP contribution < -0.4 is 5.32 Å². The van der Waals surface area contributed by atoms with Crippen LogP contribution in [-0.2, 0) is 4.74 Å². The van der Waals surface area contributed by atoms with Crippen molar-refractivity contribution in [2.24, 2.45) is 0 Å². The minimum absolute atomic E-state index is 0.209. The summed E-state index contributed by atoms with van der Waals surface area (Å²) in [5, 5.41) is 11.6. The number of aliphatic hydroxyl groups excluding tert-OH is 1. The van der Waals surface area contributed by atoms with Gasteiger partial charge >= 0.3 is 0 Å². The minimum Gasteiger partial charge on any atom is -0.394 e. The number of ether oxygens (including phenoxy) is 1. The van der Waals surface area contributed by atoms with Crippen LogP contribution in [-0.4, -0.2) is 37.4 Å². The number of aliphatic hydroxyl groups is 1. The molecule has 0 saturated carbocycles. The van der Waals surface area contributed by atoms with Crippen molar-refractivity contribution in [2.75, 3.05) is 20.3 Å². The number of amides is 1. The fraction of sp³-hybridized carbons (Fsp3) is 0.417. The molecule has 0 aliphatic heterocycles. The van der Waals surface area contributed by atoms with Gasteiger partial charge in [0.25, 0.3) is 5.91 Å². The van der Waals surface area contributed by atoms with Crippen LogP contribution in [0.2, 0.25) is 0 Å². The number of carbonyl (C=O) groups excluding carboxylic acids is 1. The normalized spacial score (nSPS) is 12.2. The van der Waals surface area contributed by atoms with Crippen molar-refractivity contribution in [2.45, 2.75) is 13.0 Å². The lowest BCUT2D eigenvalue weighted by Gasteiger charge is -2.15. The van der Waals surface area contributed by atoms with E-state index in [4.69, 9.17) is 9.84 Å². The topological polar surface area (TPSA) is 58.6 Å². The van der Waals surface area contributed by atoms with Gasteiger partial charge in [-0.05, 0) is 30.7 Å². The van der Waals surface area contributed by atoms with E-state index in [1.807, 2.05) is 0 Å². The molecule has 1 atom stereocenters. The van der Waals surface area contributed by atoms with Crippen LogP contribution in [0.1, 0.15) is 15.9 Å². The molecular formula is C12H16FNO3. The highest BCUT2D eigenvalue weighted by atomic mass is 19.1. The first-order valence-electron chi connectivity index (χ1n) is 5.25. The highest BCUT2D eigenvalue weighted by Crippen LogP contribution is 2.09. The second-order valence-corrected chi connectivity index (χ2v) is 3.77. The zero-order valence-electron chi connectivity index (χ0n) is 9.87. The van der Waals surface area contributed by atoms with Gasteiger partial charge in [0.15, 0.2) is 0 Å². The van der Waals surface area contributed by atoms with Gasteiger partial charge in [-0.15, -0.1) is 0 Å². The maximum atomic E-state index is 13.0. The van der Waals surface area contributed by atoms with E-state index in [0.29, 0.717) is 11.1 Å². The van der Waals surface area contributed by atoms with Crippen molar-refractivity contribution in [1.29, 1.82) is 0 Å². The number of benzene rings is 1. The molecule has 1 unspecified atom stereocenters. The second-order valence-electron chi connectivity index (χ2n) is 3.77. The number of halogens is 1. The fourth-order valence-corrected chi connectivity index (χ4v) is 1.40. The largest absolute Gasteiger partial charge is 0.394 e. The standard InChI is InChI=1S/C12H16FNO3/c1-8-5-9(3-4-11(8)13)12(16)14-10(6-15)7-17-2/h3-5,10,15H,6-7H2,1-2H3,(H,14,16). The summed E-state index contributed by atoms with van der Waals surface area (Å²) in [6.07, 6.45) is 0. The molecule has 1 aromatic carbocycles. The Kier molecular flexibility index (Phi) is 5.06. The van der Waals surface area contributed by atoms with Gasteiger partial charge in [0.2, 0.25) is 0 Å². The monoisotopic (exact) mass is 241 g/mol. The second kappa shape index (κ2) is 6.32. The summed E-state index contributed by atoms with van der Waals surface area (Å²) >= 11 is 0. The third-order valence-corrected chi connectivity index (χ3v) is 2.34. The maximum Gasteiger partial charge on any atom is 0.251 e. The summed E-state index contributed by atoms with van der Waals surface area (Å²) in [6, 6.07) is 3.65. The maximum absolute atomic E-state index is 13.0. The van der Waals surface area contributed by atoms with Gasteiger partial charge in [-0.3, -0.25) is 4.79 Å². The Balaban J connectivity index is 2.72. The summed E-state index contributed by atoms with van der Waals surface area (Å²) < 4.78 is 17.9. The quantitative estimate of drug-likeness (QED) is 0.804. The van der Waals surface area contributed by atoms with Gasteiger partial charge in [-0.1, -0.05) is 0 Å². The molecule has 2 N–H and O–H groups in total. The van der Waals surface area contributed by atoms with E-state index in [9.17, 15) is 9.18 Å². The van der Waals surface area contributed by atoms with E-state index >= 15 is 0 Å². The molecule has 0 saturated heterocycles. The molecule has 0 spiro atoms. The van der Waals surface area contributed by atoms with Gasteiger partial charge in [0.1, 0.15) is 5.82 Å². The average Bonchev–Trinajstić information content (AvgIpc) is 2.31. The van der Waals surface area contributed by atoms with E-state index in [-0.39, 0.29) is 24.9 Å². The highest BCUT2D eigenvalue weighted by Gasteiger charge is 2.13. The molecule has 0 bridgehead atoms. The van der Waals surface area contributed by atoms with Crippen molar-refractivity contribution in [3.05, 3.63) is 35.1 Å². The van der Waals surface area contributed by atoms with Crippen LogP contribution in [0.15, 0.2) is 18.2 Å². The summed E-state index contributed by atoms with van der Waals surface area (Å²) in [7, 11) is 1.48. The molecule has 0 aliphatic carbocycles. The predicted molar refractivity (Wildman–Crippen MR) is 61.4 cm³/mol. The first-order valence-corrected chi connectivity index (χ1v) is 5.25.